The third kappa shape index (κ3) is 3.08. The molecule has 5 nitrogen and oxygen atoms in total. The molecule has 0 radical (unpaired) electrons. The van der Waals surface area contributed by atoms with Crippen LogP contribution in [-0.2, 0) is 11.3 Å². The van der Waals surface area contributed by atoms with Gasteiger partial charge in [-0.05, 0) is 12.8 Å². The smallest absolute Gasteiger partial charge is 0.111 e. The predicted octanol–water partition coefficient (Wildman–Crippen LogP) is 0.758. The Bertz CT molecular complexity index is 262. The van der Waals surface area contributed by atoms with Crippen molar-refractivity contribution in [2.24, 2.45) is 0 Å². The molecule has 1 N–H and O–H groups in total. The largest absolute Gasteiger partial charge is 0.387 e. The number of aromatic nitrogens is 3. The molecule has 14 heavy (non-hydrogen) atoms. The maximum absolute atomic E-state index is 9.47. The molecule has 0 saturated carbocycles. The van der Waals surface area contributed by atoms with Crippen LogP contribution in [0.5, 0.6) is 0 Å². The van der Waals surface area contributed by atoms with Crippen molar-refractivity contribution in [2.75, 3.05) is 13.7 Å². The molecule has 0 amide bonds. The van der Waals surface area contributed by atoms with Gasteiger partial charge in [-0.1, -0.05) is 12.1 Å². The Kier molecular flexibility index (Phi) is 4.55. The highest BCUT2D eigenvalue weighted by Crippen LogP contribution is 2.11. The molecule has 1 heterocycles. The van der Waals surface area contributed by atoms with Crippen LogP contribution in [0.2, 0.25) is 0 Å². The molecule has 1 rings (SSSR count). The highest BCUT2D eigenvalue weighted by molar-refractivity contribution is 4.96. The van der Waals surface area contributed by atoms with E-state index in [9.17, 15) is 5.11 Å². The Labute approximate surface area is 83.7 Å². The van der Waals surface area contributed by atoms with Gasteiger partial charge in [0.15, 0.2) is 0 Å². The third-order valence-electron chi connectivity index (χ3n) is 2.02. The molecule has 1 atom stereocenters. The fourth-order valence-electron chi connectivity index (χ4n) is 1.16. The van der Waals surface area contributed by atoms with Crippen molar-refractivity contribution in [1.29, 1.82) is 0 Å². The SMILES string of the molecule is CCC(O)c1cn(CCCOC)nn1. The normalized spacial score (nSPS) is 13.1. The zero-order valence-corrected chi connectivity index (χ0v) is 8.68. The van der Waals surface area contributed by atoms with E-state index in [-0.39, 0.29) is 0 Å². The standard InChI is InChI=1S/C9H17N3O2/c1-3-9(13)8-7-12(11-10-8)5-4-6-14-2/h7,9,13H,3-6H2,1-2H3. The van der Waals surface area contributed by atoms with Gasteiger partial charge in [-0.3, -0.25) is 4.68 Å². The van der Waals surface area contributed by atoms with E-state index in [1.807, 2.05) is 6.92 Å². The maximum atomic E-state index is 9.47. The van der Waals surface area contributed by atoms with Crippen molar-refractivity contribution in [3.8, 4) is 0 Å². The zero-order chi connectivity index (χ0) is 10.4. The molecule has 5 heteroatoms. The van der Waals surface area contributed by atoms with Crippen molar-refractivity contribution in [3.63, 3.8) is 0 Å². The van der Waals surface area contributed by atoms with Gasteiger partial charge in [0, 0.05) is 20.3 Å². The summed E-state index contributed by atoms with van der Waals surface area (Å²) in [6.07, 6.45) is 2.86. The second-order valence-corrected chi connectivity index (χ2v) is 3.18. The summed E-state index contributed by atoms with van der Waals surface area (Å²) in [6, 6.07) is 0. The Hall–Kier alpha value is -0.940. The summed E-state index contributed by atoms with van der Waals surface area (Å²) < 4.78 is 6.66. The van der Waals surface area contributed by atoms with Crippen molar-refractivity contribution in [1.82, 2.24) is 15.0 Å². The van der Waals surface area contributed by atoms with Gasteiger partial charge in [-0.25, -0.2) is 0 Å². The Morgan fingerprint density at radius 1 is 1.64 bits per heavy atom. The van der Waals surface area contributed by atoms with Crippen LogP contribution in [0.15, 0.2) is 6.20 Å². The molecule has 1 unspecified atom stereocenters. The van der Waals surface area contributed by atoms with Crippen LogP contribution in [0.4, 0.5) is 0 Å². The Morgan fingerprint density at radius 3 is 3.07 bits per heavy atom. The number of hydrogen-bond donors (Lipinski definition) is 1. The minimum Gasteiger partial charge on any atom is -0.387 e. The minimum atomic E-state index is -0.494. The van der Waals surface area contributed by atoms with E-state index in [0.717, 1.165) is 13.0 Å². The number of rotatable bonds is 6. The molecule has 0 aliphatic rings. The summed E-state index contributed by atoms with van der Waals surface area (Å²) >= 11 is 0. The molecule has 80 valence electrons. The molecular weight excluding hydrogens is 182 g/mol. The van der Waals surface area contributed by atoms with Gasteiger partial charge in [-0.15, -0.1) is 5.10 Å². The molecule has 0 aliphatic carbocycles. The molecule has 1 aromatic rings. The maximum Gasteiger partial charge on any atom is 0.111 e. The lowest BCUT2D eigenvalue weighted by Crippen LogP contribution is -2.01. The van der Waals surface area contributed by atoms with Gasteiger partial charge in [0.1, 0.15) is 5.69 Å². The highest BCUT2D eigenvalue weighted by Gasteiger charge is 2.08. The number of methoxy groups -OCH3 is 1. The van der Waals surface area contributed by atoms with E-state index in [4.69, 9.17) is 4.74 Å². The fraction of sp³-hybridized carbons (Fsp3) is 0.778. The molecule has 0 aromatic carbocycles. The van der Waals surface area contributed by atoms with Gasteiger partial charge in [-0.2, -0.15) is 0 Å². The number of ether oxygens (including phenoxy) is 1. The predicted molar refractivity (Wildman–Crippen MR) is 51.8 cm³/mol. The molecule has 0 fully saturated rings. The van der Waals surface area contributed by atoms with Crippen LogP contribution in [0.25, 0.3) is 0 Å². The van der Waals surface area contributed by atoms with Crippen LogP contribution in [0, 0.1) is 0 Å². The summed E-state index contributed by atoms with van der Waals surface area (Å²) in [5, 5.41) is 17.3. The summed E-state index contributed by atoms with van der Waals surface area (Å²) in [7, 11) is 1.67. The lowest BCUT2D eigenvalue weighted by atomic mass is 10.2. The summed E-state index contributed by atoms with van der Waals surface area (Å²) in [6.45, 7) is 3.40. The molecule has 0 spiro atoms. The number of nitrogens with zero attached hydrogens (tertiary/aromatic N) is 3. The first-order valence-electron chi connectivity index (χ1n) is 4.85. The number of aliphatic hydroxyl groups excluding tert-OH is 1. The van der Waals surface area contributed by atoms with Crippen LogP contribution < -0.4 is 0 Å². The molecule has 1 aromatic heterocycles. The van der Waals surface area contributed by atoms with Gasteiger partial charge in [0.25, 0.3) is 0 Å². The first kappa shape index (κ1) is 11.1. The summed E-state index contributed by atoms with van der Waals surface area (Å²) in [5.74, 6) is 0. The molecule has 0 aliphatic heterocycles. The zero-order valence-electron chi connectivity index (χ0n) is 8.68. The molecule has 0 saturated heterocycles. The molecule has 0 bridgehead atoms. The van der Waals surface area contributed by atoms with Gasteiger partial charge >= 0.3 is 0 Å². The van der Waals surface area contributed by atoms with Gasteiger partial charge in [0.05, 0.1) is 12.3 Å². The van der Waals surface area contributed by atoms with Crippen LogP contribution in [-0.4, -0.2) is 33.8 Å². The van der Waals surface area contributed by atoms with Gasteiger partial charge < -0.3 is 9.84 Å². The Balaban J connectivity index is 2.42. The van der Waals surface area contributed by atoms with Crippen LogP contribution >= 0.6 is 0 Å². The van der Waals surface area contributed by atoms with Crippen molar-refractivity contribution >= 4 is 0 Å². The van der Waals surface area contributed by atoms with Crippen molar-refractivity contribution in [3.05, 3.63) is 11.9 Å². The minimum absolute atomic E-state index is 0.494. The van der Waals surface area contributed by atoms with E-state index >= 15 is 0 Å². The van der Waals surface area contributed by atoms with Crippen LogP contribution in [0.3, 0.4) is 0 Å². The monoisotopic (exact) mass is 199 g/mol. The first-order valence-corrected chi connectivity index (χ1v) is 4.85. The van der Waals surface area contributed by atoms with Gasteiger partial charge in [0.2, 0.25) is 0 Å². The van der Waals surface area contributed by atoms with E-state index < -0.39 is 6.10 Å². The second kappa shape index (κ2) is 5.72. The lowest BCUT2D eigenvalue weighted by molar-refractivity contribution is 0.168. The lowest BCUT2D eigenvalue weighted by Gasteiger charge is -2.01. The van der Waals surface area contributed by atoms with Crippen molar-refractivity contribution < 1.29 is 9.84 Å². The second-order valence-electron chi connectivity index (χ2n) is 3.18. The fourth-order valence-corrected chi connectivity index (χ4v) is 1.16. The Morgan fingerprint density at radius 2 is 2.43 bits per heavy atom. The number of aliphatic hydroxyl groups is 1. The van der Waals surface area contributed by atoms with Crippen LogP contribution in [0.1, 0.15) is 31.6 Å². The first-order chi connectivity index (χ1) is 6.77. The van der Waals surface area contributed by atoms with E-state index in [1.54, 1.807) is 18.0 Å². The summed E-state index contributed by atoms with van der Waals surface area (Å²) in [4.78, 5) is 0. The number of hydrogen-bond acceptors (Lipinski definition) is 4. The quantitative estimate of drug-likeness (QED) is 0.687. The van der Waals surface area contributed by atoms with E-state index in [0.29, 0.717) is 18.7 Å². The average Bonchev–Trinajstić information content (AvgIpc) is 2.66. The average molecular weight is 199 g/mol. The van der Waals surface area contributed by atoms with Crippen molar-refractivity contribution in [2.45, 2.75) is 32.4 Å². The third-order valence-corrected chi connectivity index (χ3v) is 2.02. The highest BCUT2D eigenvalue weighted by atomic mass is 16.5. The molecular formula is C9H17N3O2. The summed E-state index contributed by atoms with van der Waals surface area (Å²) in [5.41, 5.74) is 0.643. The van der Waals surface area contributed by atoms with E-state index in [1.165, 1.54) is 0 Å². The van der Waals surface area contributed by atoms with E-state index in [2.05, 4.69) is 10.3 Å². The number of aryl methyl sites for hydroxylation is 1. The topological polar surface area (TPSA) is 60.2 Å².